The summed E-state index contributed by atoms with van der Waals surface area (Å²) in [6, 6.07) is 7.13. The number of carbonyl (C=O) groups is 2. The summed E-state index contributed by atoms with van der Waals surface area (Å²) in [5.74, 6) is 0.712. The van der Waals surface area contributed by atoms with E-state index in [1.807, 2.05) is 0 Å². The Morgan fingerprint density at radius 3 is 2.64 bits per heavy atom. The fourth-order valence-corrected chi connectivity index (χ4v) is 3.20. The highest BCUT2D eigenvalue weighted by Gasteiger charge is 2.28. The van der Waals surface area contributed by atoms with Crippen LogP contribution >= 0.6 is 0 Å². The Balaban J connectivity index is 1.84. The first kappa shape index (κ1) is 19.3. The topological polar surface area (TPSA) is 58.6 Å². The van der Waals surface area contributed by atoms with Crippen molar-refractivity contribution in [1.29, 1.82) is 0 Å². The maximum atomic E-state index is 12.7. The third-order valence-electron chi connectivity index (χ3n) is 4.75. The summed E-state index contributed by atoms with van der Waals surface area (Å²) in [6.07, 6.45) is 6.32. The van der Waals surface area contributed by atoms with Crippen molar-refractivity contribution in [3.63, 3.8) is 0 Å². The number of nitrogens with one attached hydrogen (secondary N) is 1. The molecule has 0 aliphatic carbocycles. The van der Waals surface area contributed by atoms with E-state index in [1.54, 1.807) is 36.3 Å². The predicted molar refractivity (Wildman–Crippen MR) is 98.8 cm³/mol. The lowest BCUT2D eigenvalue weighted by molar-refractivity contribution is -0.126. The molecule has 1 heterocycles. The SMILES string of the molecule is CCCCCCNC(=O)C1CCCN(C(=O)c2ccc(OC)cc2)C1. The standard InChI is InChI=1S/C20H30N2O3/c1-3-4-5-6-13-21-19(23)17-8-7-14-22(15-17)20(24)16-9-11-18(25-2)12-10-16/h9-12,17H,3-8,13-15H2,1-2H3,(H,21,23). The van der Waals surface area contributed by atoms with Crippen LogP contribution in [0.4, 0.5) is 0 Å². The lowest BCUT2D eigenvalue weighted by Gasteiger charge is -2.32. The molecule has 1 unspecified atom stereocenters. The third-order valence-corrected chi connectivity index (χ3v) is 4.75. The Bertz CT molecular complexity index is 557. The van der Waals surface area contributed by atoms with Crippen LogP contribution in [-0.2, 0) is 4.79 Å². The second kappa shape index (κ2) is 10.1. The van der Waals surface area contributed by atoms with Crippen molar-refractivity contribution in [3.8, 4) is 5.75 Å². The fraction of sp³-hybridized carbons (Fsp3) is 0.600. The molecule has 1 N–H and O–H groups in total. The molecular formula is C20H30N2O3. The van der Waals surface area contributed by atoms with Gasteiger partial charge in [0.1, 0.15) is 5.75 Å². The number of hydrogen-bond acceptors (Lipinski definition) is 3. The smallest absolute Gasteiger partial charge is 0.253 e. The molecule has 2 rings (SSSR count). The van der Waals surface area contributed by atoms with Crippen molar-refractivity contribution in [3.05, 3.63) is 29.8 Å². The summed E-state index contributed by atoms with van der Waals surface area (Å²) in [6.45, 7) is 4.13. The van der Waals surface area contributed by atoms with Gasteiger partial charge >= 0.3 is 0 Å². The highest BCUT2D eigenvalue weighted by atomic mass is 16.5. The van der Waals surface area contributed by atoms with Crippen LogP contribution in [0.2, 0.25) is 0 Å². The highest BCUT2D eigenvalue weighted by molar-refractivity contribution is 5.94. The molecule has 1 atom stereocenters. The van der Waals surface area contributed by atoms with E-state index >= 15 is 0 Å². The van der Waals surface area contributed by atoms with Crippen LogP contribution in [-0.4, -0.2) is 43.5 Å². The Morgan fingerprint density at radius 1 is 1.20 bits per heavy atom. The average Bonchev–Trinajstić information content (AvgIpc) is 2.67. The number of nitrogens with zero attached hydrogens (tertiary/aromatic N) is 1. The van der Waals surface area contributed by atoms with Gasteiger partial charge in [-0.25, -0.2) is 0 Å². The van der Waals surface area contributed by atoms with Gasteiger partial charge in [0, 0.05) is 25.2 Å². The van der Waals surface area contributed by atoms with Crippen molar-refractivity contribution < 1.29 is 14.3 Å². The molecule has 1 aliphatic rings. The molecule has 1 aromatic carbocycles. The van der Waals surface area contributed by atoms with Crippen LogP contribution in [0.15, 0.2) is 24.3 Å². The largest absolute Gasteiger partial charge is 0.497 e. The van der Waals surface area contributed by atoms with Crippen LogP contribution in [0.25, 0.3) is 0 Å². The molecule has 1 aliphatic heterocycles. The Labute approximate surface area is 150 Å². The summed E-state index contributed by atoms with van der Waals surface area (Å²) in [5, 5.41) is 3.03. The van der Waals surface area contributed by atoms with Gasteiger partial charge in [0.15, 0.2) is 0 Å². The van der Waals surface area contributed by atoms with Gasteiger partial charge in [-0.15, -0.1) is 0 Å². The number of amides is 2. The second-order valence-corrected chi connectivity index (χ2v) is 6.67. The van der Waals surface area contributed by atoms with E-state index < -0.39 is 0 Å². The molecule has 0 aromatic heterocycles. The molecule has 5 heteroatoms. The molecule has 25 heavy (non-hydrogen) atoms. The summed E-state index contributed by atoms with van der Waals surface area (Å²) in [5.41, 5.74) is 0.640. The molecule has 1 fully saturated rings. The molecule has 138 valence electrons. The van der Waals surface area contributed by atoms with E-state index in [0.717, 1.165) is 38.0 Å². The Hall–Kier alpha value is -2.04. The Morgan fingerprint density at radius 2 is 1.96 bits per heavy atom. The van der Waals surface area contributed by atoms with Crippen LogP contribution in [0.3, 0.4) is 0 Å². The first-order valence-corrected chi connectivity index (χ1v) is 9.36. The van der Waals surface area contributed by atoms with Crippen molar-refractivity contribution in [2.45, 2.75) is 45.4 Å². The molecule has 0 spiro atoms. The predicted octanol–water partition coefficient (Wildman–Crippen LogP) is 3.24. The van der Waals surface area contributed by atoms with E-state index in [1.165, 1.54) is 12.8 Å². The van der Waals surface area contributed by atoms with Gasteiger partial charge in [-0.05, 0) is 43.5 Å². The van der Waals surface area contributed by atoms with Gasteiger partial charge in [0.2, 0.25) is 5.91 Å². The molecule has 0 saturated carbocycles. The lowest BCUT2D eigenvalue weighted by Crippen LogP contribution is -2.45. The number of piperidine rings is 1. The number of ether oxygens (including phenoxy) is 1. The monoisotopic (exact) mass is 346 g/mol. The second-order valence-electron chi connectivity index (χ2n) is 6.67. The molecule has 0 bridgehead atoms. The normalized spacial score (nSPS) is 17.2. The van der Waals surface area contributed by atoms with Crippen LogP contribution < -0.4 is 10.1 Å². The zero-order valence-corrected chi connectivity index (χ0v) is 15.4. The van der Waals surface area contributed by atoms with Gasteiger partial charge in [-0.2, -0.15) is 0 Å². The number of unbranched alkanes of at least 4 members (excludes halogenated alkanes) is 3. The van der Waals surface area contributed by atoms with E-state index in [2.05, 4.69) is 12.2 Å². The number of carbonyl (C=O) groups excluding carboxylic acids is 2. The van der Waals surface area contributed by atoms with Crippen molar-refractivity contribution in [2.24, 2.45) is 5.92 Å². The van der Waals surface area contributed by atoms with Crippen molar-refractivity contribution >= 4 is 11.8 Å². The van der Waals surface area contributed by atoms with E-state index in [0.29, 0.717) is 18.7 Å². The van der Waals surface area contributed by atoms with E-state index in [-0.39, 0.29) is 17.7 Å². The van der Waals surface area contributed by atoms with Crippen LogP contribution in [0.5, 0.6) is 5.75 Å². The number of likely N-dealkylation sites (tertiary alicyclic amines) is 1. The average molecular weight is 346 g/mol. The van der Waals surface area contributed by atoms with Gasteiger partial charge in [-0.3, -0.25) is 9.59 Å². The zero-order chi connectivity index (χ0) is 18.1. The third kappa shape index (κ3) is 5.76. The molecule has 1 aromatic rings. The van der Waals surface area contributed by atoms with E-state index in [4.69, 9.17) is 4.74 Å². The molecule has 0 radical (unpaired) electrons. The quantitative estimate of drug-likeness (QED) is 0.735. The maximum Gasteiger partial charge on any atom is 0.253 e. The van der Waals surface area contributed by atoms with Gasteiger partial charge in [-0.1, -0.05) is 26.2 Å². The van der Waals surface area contributed by atoms with Gasteiger partial charge in [0.05, 0.1) is 13.0 Å². The first-order valence-electron chi connectivity index (χ1n) is 9.36. The minimum atomic E-state index is -0.0953. The zero-order valence-electron chi connectivity index (χ0n) is 15.4. The summed E-state index contributed by atoms with van der Waals surface area (Å²) in [7, 11) is 1.60. The number of rotatable bonds is 8. The highest BCUT2D eigenvalue weighted by Crippen LogP contribution is 2.20. The van der Waals surface area contributed by atoms with Crippen molar-refractivity contribution in [2.75, 3.05) is 26.7 Å². The van der Waals surface area contributed by atoms with Gasteiger partial charge < -0.3 is 15.0 Å². The van der Waals surface area contributed by atoms with E-state index in [9.17, 15) is 9.59 Å². The summed E-state index contributed by atoms with van der Waals surface area (Å²) in [4.78, 5) is 26.8. The minimum absolute atomic E-state index is 0.0110. The molecule has 5 nitrogen and oxygen atoms in total. The Kier molecular flexibility index (Phi) is 7.76. The number of benzene rings is 1. The number of methoxy groups -OCH3 is 1. The molecule has 1 saturated heterocycles. The molecule has 2 amide bonds. The fourth-order valence-electron chi connectivity index (χ4n) is 3.20. The number of hydrogen-bond donors (Lipinski definition) is 1. The summed E-state index contributed by atoms with van der Waals surface area (Å²) >= 11 is 0. The van der Waals surface area contributed by atoms with Crippen LogP contribution in [0.1, 0.15) is 55.8 Å². The maximum absolute atomic E-state index is 12.7. The van der Waals surface area contributed by atoms with Crippen LogP contribution in [0, 0.1) is 5.92 Å². The molecular weight excluding hydrogens is 316 g/mol. The van der Waals surface area contributed by atoms with Crippen molar-refractivity contribution in [1.82, 2.24) is 10.2 Å². The van der Waals surface area contributed by atoms with Gasteiger partial charge in [0.25, 0.3) is 5.91 Å². The first-order chi connectivity index (χ1) is 12.2. The lowest BCUT2D eigenvalue weighted by atomic mass is 9.96. The minimum Gasteiger partial charge on any atom is -0.497 e. The summed E-state index contributed by atoms with van der Waals surface area (Å²) < 4.78 is 5.13.